The van der Waals surface area contributed by atoms with E-state index in [1.165, 1.54) is 31.2 Å². The molecule has 0 saturated carbocycles. The highest BCUT2D eigenvalue weighted by atomic mass is 16.7. The van der Waals surface area contributed by atoms with Crippen LogP contribution in [0.5, 0.6) is 17.2 Å². The number of carbonyl (C=O) groups excluding carboxylic acids is 4. The number of esters is 3. The second-order valence-electron chi connectivity index (χ2n) is 10.1. The molecule has 0 spiro atoms. The molecule has 1 atom stereocenters. The minimum atomic E-state index is -0.919. The third kappa shape index (κ3) is 9.24. The minimum absolute atomic E-state index is 0.0115. The fourth-order valence-electron chi connectivity index (χ4n) is 4.52. The van der Waals surface area contributed by atoms with Crippen molar-refractivity contribution in [2.45, 2.75) is 26.7 Å². The predicted octanol–water partition coefficient (Wildman–Crippen LogP) is 5.63. The summed E-state index contributed by atoms with van der Waals surface area (Å²) in [6, 6.07) is 16.9. The molecule has 0 bridgehead atoms. The number of rotatable bonds is 14. The maximum absolute atomic E-state index is 12.8. The molecule has 3 aromatic rings. The Bertz CT molecular complexity index is 1560. The number of ether oxygens (including phenoxy) is 7. The minimum Gasteiger partial charge on any atom is -0.460 e. The molecule has 0 aliphatic heterocycles. The van der Waals surface area contributed by atoms with Crippen LogP contribution in [0.2, 0.25) is 0 Å². The van der Waals surface area contributed by atoms with Gasteiger partial charge >= 0.3 is 24.1 Å². The summed E-state index contributed by atoms with van der Waals surface area (Å²) >= 11 is 0. The first-order valence-corrected chi connectivity index (χ1v) is 14.2. The zero-order valence-electron chi connectivity index (χ0n) is 25.3. The first-order chi connectivity index (χ1) is 21.6. The molecule has 236 valence electrons. The molecule has 0 saturated heterocycles. The fourth-order valence-corrected chi connectivity index (χ4v) is 4.52. The van der Waals surface area contributed by atoms with Gasteiger partial charge in [-0.25, -0.2) is 14.4 Å². The quantitative estimate of drug-likeness (QED) is 0.0732. The van der Waals surface area contributed by atoms with Gasteiger partial charge in [-0.1, -0.05) is 25.6 Å². The summed E-state index contributed by atoms with van der Waals surface area (Å²) < 4.78 is 36.4. The van der Waals surface area contributed by atoms with E-state index in [2.05, 4.69) is 6.58 Å². The van der Waals surface area contributed by atoms with Crippen molar-refractivity contribution < 1.29 is 52.3 Å². The summed E-state index contributed by atoms with van der Waals surface area (Å²) in [7, 11) is 0. The Hall–Kier alpha value is -5.00. The van der Waals surface area contributed by atoms with Crippen molar-refractivity contribution in [3.63, 3.8) is 0 Å². The van der Waals surface area contributed by atoms with Crippen molar-refractivity contribution >= 4 is 24.1 Å². The molecule has 0 aromatic heterocycles. The number of benzene rings is 3. The molecule has 3 aromatic carbocycles. The average molecular weight is 619 g/mol. The number of fused-ring (bicyclic) bond motifs is 3. The van der Waals surface area contributed by atoms with E-state index in [1.54, 1.807) is 19.1 Å². The van der Waals surface area contributed by atoms with Gasteiger partial charge in [0.1, 0.15) is 30.5 Å². The SMILES string of the molecule is C=C(C)C(=O)OCCOCCOCCOC(=O)Oc1ccc(C(=O)Oc2ccc3c(c2)C(C)c2cc(OC(C)=O)ccc2-3)cc1. The Kier molecular flexibility index (Phi) is 11.4. The number of carbonyl (C=O) groups is 4. The van der Waals surface area contributed by atoms with E-state index in [0.717, 1.165) is 22.3 Å². The number of hydrogen-bond donors (Lipinski definition) is 0. The summed E-state index contributed by atoms with van der Waals surface area (Å²) in [6.07, 6.45) is -0.919. The lowest BCUT2D eigenvalue weighted by molar-refractivity contribution is -0.140. The Balaban J connectivity index is 1.17. The van der Waals surface area contributed by atoms with Gasteiger partial charge in [0.2, 0.25) is 0 Å². The molecule has 0 amide bonds. The monoisotopic (exact) mass is 618 g/mol. The largest absolute Gasteiger partial charge is 0.513 e. The molecule has 0 heterocycles. The second-order valence-corrected chi connectivity index (χ2v) is 10.1. The molecule has 45 heavy (non-hydrogen) atoms. The van der Waals surface area contributed by atoms with Gasteiger partial charge in [0.25, 0.3) is 0 Å². The van der Waals surface area contributed by atoms with Crippen molar-refractivity contribution in [1.29, 1.82) is 0 Å². The zero-order valence-corrected chi connectivity index (χ0v) is 25.3. The van der Waals surface area contributed by atoms with Crippen molar-refractivity contribution in [2.75, 3.05) is 39.6 Å². The van der Waals surface area contributed by atoms with Gasteiger partial charge in [-0.2, -0.15) is 0 Å². The molecule has 1 aliphatic rings. The molecule has 4 rings (SSSR count). The van der Waals surface area contributed by atoms with Crippen LogP contribution < -0.4 is 14.2 Å². The highest BCUT2D eigenvalue weighted by molar-refractivity contribution is 5.91. The van der Waals surface area contributed by atoms with Crippen molar-refractivity contribution in [1.82, 2.24) is 0 Å². The van der Waals surface area contributed by atoms with Crippen LogP contribution in [-0.2, 0) is 28.5 Å². The Morgan fingerprint density at radius 3 is 1.71 bits per heavy atom. The van der Waals surface area contributed by atoms with E-state index in [4.69, 9.17) is 33.2 Å². The maximum Gasteiger partial charge on any atom is 0.513 e. The van der Waals surface area contributed by atoms with Gasteiger partial charge in [0.05, 0.1) is 32.0 Å². The lowest BCUT2D eigenvalue weighted by Gasteiger charge is -2.10. The average Bonchev–Trinajstić information content (AvgIpc) is 3.28. The van der Waals surface area contributed by atoms with Gasteiger partial charge in [-0.05, 0) is 77.7 Å². The number of hydrogen-bond acceptors (Lipinski definition) is 11. The molecular formula is C34H34O11. The smallest absolute Gasteiger partial charge is 0.460 e. The summed E-state index contributed by atoms with van der Waals surface area (Å²) in [6.45, 7) is 9.45. The van der Waals surface area contributed by atoms with E-state index < -0.39 is 18.1 Å². The van der Waals surface area contributed by atoms with Crippen molar-refractivity contribution in [3.8, 4) is 28.4 Å². The highest BCUT2D eigenvalue weighted by Gasteiger charge is 2.27. The summed E-state index contributed by atoms with van der Waals surface area (Å²) in [5.74, 6) is -0.346. The molecular weight excluding hydrogens is 584 g/mol. The highest BCUT2D eigenvalue weighted by Crippen LogP contribution is 2.47. The van der Waals surface area contributed by atoms with Gasteiger partial charge in [-0.15, -0.1) is 0 Å². The van der Waals surface area contributed by atoms with E-state index >= 15 is 0 Å². The molecule has 0 fully saturated rings. The fraction of sp³-hybridized carbons (Fsp3) is 0.294. The predicted molar refractivity (Wildman–Crippen MR) is 161 cm³/mol. The molecule has 1 unspecified atom stereocenters. The maximum atomic E-state index is 12.8. The lowest BCUT2D eigenvalue weighted by atomic mass is 9.99. The lowest BCUT2D eigenvalue weighted by Crippen LogP contribution is -2.16. The Morgan fingerprint density at radius 1 is 0.644 bits per heavy atom. The standard InChI is InChI=1S/C34H34O11/c1-21(2)32(36)41-17-15-39-13-14-40-16-18-42-34(38)45-25-7-5-24(6-8-25)33(37)44-27-10-12-29-28-11-9-26(43-23(4)35)19-30(28)22(3)31(29)20-27/h5-12,19-20,22H,1,13-18H2,2-4H3. The zero-order chi connectivity index (χ0) is 32.3. The van der Waals surface area contributed by atoms with Crippen LogP contribution in [0.25, 0.3) is 11.1 Å². The Morgan fingerprint density at radius 2 is 1.16 bits per heavy atom. The van der Waals surface area contributed by atoms with Crippen LogP contribution in [0.4, 0.5) is 4.79 Å². The van der Waals surface area contributed by atoms with E-state index in [-0.39, 0.29) is 62.8 Å². The van der Waals surface area contributed by atoms with Gasteiger partial charge in [-0.3, -0.25) is 4.79 Å². The third-order valence-corrected chi connectivity index (χ3v) is 6.66. The van der Waals surface area contributed by atoms with Crippen molar-refractivity contribution in [2.24, 2.45) is 0 Å². The van der Waals surface area contributed by atoms with E-state index in [1.807, 2.05) is 31.2 Å². The van der Waals surface area contributed by atoms with E-state index in [0.29, 0.717) is 17.1 Å². The molecule has 1 aliphatic carbocycles. The second kappa shape index (κ2) is 15.6. The molecule has 0 radical (unpaired) electrons. The first-order valence-electron chi connectivity index (χ1n) is 14.2. The van der Waals surface area contributed by atoms with Gasteiger partial charge in [0, 0.05) is 18.4 Å². The van der Waals surface area contributed by atoms with Crippen LogP contribution in [0.1, 0.15) is 48.2 Å². The van der Waals surface area contributed by atoms with E-state index in [9.17, 15) is 19.2 Å². The summed E-state index contributed by atoms with van der Waals surface area (Å²) in [4.78, 5) is 47.3. The molecule has 11 nitrogen and oxygen atoms in total. The molecule has 0 N–H and O–H groups in total. The van der Waals surface area contributed by atoms with Crippen molar-refractivity contribution in [3.05, 3.63) is 89.5 Å². The first kappa shape index (κ1) is 32.9. The Labute approximate surface area is 260 Å². The van der Waals surface area contributed by atoms with Crippen LogP contribution in [0.15, 0.2) is 72.8 Å². The van der Waals surface area contributed by atoms with Crippen LogP contribution in [-0.4, -0.2) is 63.7 Å². The van der Waals surface area contributed by atoms with Crippen LogP contribution >= 0.6 is 0 Å². The summed E-state index contributed by atoms with van der Waals surface area (Å²) in [5.41, 5.74) is 4.67. The third-order valence-electron chi connectivity index (χ3n) is 6.66. The topological polar surface area (TPSA) is 133 Å². The van der Waals surface area contributed by atoms with Crippen LogP contribution in [0, 0.1) is 0 Å². The van der Waals surface area contributed by atoms with Crippen LogP contribution in [0.3, 0.4) is 0 Å². The summed E-state index contributed by atoms with van der Waals surface area (Å²) in [5, 5.41) is 0. The van der Waals surface area contributed by atoms with Gasteiger partial charge in [0.15, 0.2) is 0 Å². The van der Waals surface area contributed by atoms with Gasteiger partial charge < -0.3 is 33.2 Å². The molecule has 11 heteroatoms. The normalized spacial score (nSPS) is 12.8.